The molecule has 0 unspecified atom stereocenters. The molecule has 0 spiro atoms. The second kappa shape index (κ2) is 7.02. The zero-order valence-corrected chi connectivity index (χ0v) is 7.79. The Morgan fingerprint density at radius 3 is 2.67 bits per heavy atom. The molecular weight excluding hydrogens is 160 g/mol. The van der Waals surface area contributed by atoms with Gasteiger partial charge in [-0.15, -0.1) is 0 Å². The molecule has 72 valence electrons. The van der Waals surface area contributed by atoms with Crippen LogP contribution in [0.15, 0.2) is 0 Å². The van der Waals surface area contributed by atoms with Crippen LogP contribution in [0.2, 0.25) is 0 Å². The summed E-state index contributed by atoms with van der Waals surface area (Å²) in [6.07, 6.45) is 0. The molecule has 0 saturated heterocycles. The number of likely N-dealkylation sites (N-methyl/N-ethyl adjacent to an activating group) is 1. The van der Waals surface area contributed by atoms with Gasteiger partial charge in [-0.05, 0) is 0 Å². The van der Waals surface area contributed by atoms with Crippen LogP contribution in [0.3, 0.4) is 0 Å². The summed E-state index contributed by atoms with van der Waals surface area (Å²) in [5.74, 6) is -0.103. The molecule has 1 N–H and O–H groups in total. The standard InChI is InChI=1S/C7H16N2O3/c1-9(12-3)7(10)6-8-4-5-11-2/h8H,4-6H2,1-3H3. The summed E-state index contributed by atoms with van der Waals surface area (Å²) in [4.78, 5) is 15.7. The van der Waals surface area contributed by atoms with E-state index in [9.17, 15) is 4.79 Å². The molecule has 0 bridgehead atoms. The molecule has 12 heavy (non-hydrogen) atoms. The van der Waals surface area contributed by atoms with Crippen molar-refractivity contribution >= 4 is 5.91 Å². The van der Waals surface area contributed by atoms with Crippen LogP contribution in [0.25, 0.3) is 0 Å². The van der Waals surface area contributed by atoms with Gasteiger partial charge in [0, 0.05) is 20.7 Å². The van der Waals surface area contributed by atoms with Gasteiger partial charge >= 0.3 is 0 Å². The fraction of sp³-hybridized carbons (Fsp3) is 0.857. The summed E-state index contributed by atoms with van der Waals surface area (Å²) >= 11 is 0. The van der Waals surface area contributed by atoms with Gasteiger partial charge in [0.05, 0.1) is 20.3 Å². The number of carbonyl (C=O) groups is 1. The zero-order valence-electron chi connectivity index (χ0n) is 7.79. The maximum absolute atomic E-state index is 11.0. The number of hydrogen-bond donors (Lipinski definition) is 1. The maximum Gasteiger partial charge on any atom is 0.259 e. The first-order chi connectivity index (χ1) is 5.72. The van der Waals surface area contributed by atoms with Crippen molar-refractivity contribution in [1.82, 2.24) is 10.4 Å². The number of methoxy groups -OCH3 is 1. The van der Waals surface area contributed by atoms with E-state index in [1.54, 1.807) is 14.2 Å². The van der Waals surface area contributed by atoms with Gasteiger partial charge in [0.1, 0.15) is 0 Å². The molecule has 0 aliphatic carbocycles. The van der Waals surface area contributed by atoms with Crippen molar-refractivity contribution < 1.29 is 14.4 Å². The Balaban J connectivity index is 3.31. The largest absolute Gasteiger partial charge is 0.383 e. The normalized spacial score (nSPS) is 9.92. The van der Waals surface area contributed by atoms with E-state index in [-0.39, 0.29) is 12.5 Å². The summed E-state index contributed by atoms with van der Waals surface area (Å²) < 4.78 is 4.79. The van der Waals surface area contributed by atoms with E-state index in [4.69, 9.17) is 4.74 Å². The first kappa shape index (κ1) is 11.4. The van der Waals surface area contributed by atoms with Crippen molar-refractivity contribution in [2.24, 2.45) is 0 Å². The molecular formula is C7H16N2O3. The highest BCUT2D eigenvalue weighted by molar-refractivity contribution is 5.76. The summed E-state index contributed by atoms with van der Waals surface area (Å²) in [6.45, 7) is 1.54. The fourth-order valence-electron chi connectivity index (χ4n) is 0.583. The Labute approximate surface area is 72.6 Å². The van der Waals surface area contributed by atoms with Crippen LogP contribution in [-0.2, 0) is 14.4 Å². The fourth-order valence-corrected chi connectivity index (χ4v) is 0.583. The minimum atomic E-state index is -0.103. The van der Waals surface area contributed by atoms with Gasteiger partial charge in [0.25, 0.3) is 5.91 Å². The Kier molecular flexibility index (Phi) is 6.64. The van der Waals surface area contributed by atoms with Crippen LogP contribution < -0.4 is 5.32 Å². The van der Waals surface area contributed by atoms with Gasteiger partial charge in [0.2, 0.25) is 0 Å². The van der Waals surface area contributed by atoms with Gasteiger partial charge in [-0.25, -0.2) is 5.06 Å². The maximum atomic E-state index is 11.0. The van der Waals surface area contributed by atoms with Crippen molar-refractivity contribution in [1.29, 1.82) is 0 Å². The van der Waals surface area contributed by atoms with Crippen LogP contribution in [0.1, 0.15) is 0 Å². The molecule has 0 aliphatic rings. The van der Waals surface area contributed by atoms with Crippen LogP contribution in [0.4, 0.5) is 0 Å². The number of amides is 1. The van der Waals surface area contributed by atoms with Crippen LogP contribution in [-0.4, -0.2) is 51.9 Å². The Bertz CT molecular complexity index is 130. The first-order valence-corrected chi connectivity index (χ1v) is 3.72. The van der Waals surface area contributed by atoms with Crippen molar-refractivity contribution in [3.8, 4) is 0 Å². The van der Waals surface area contributed by atoms with Gasteiger partial charge < -0.3 is 10.1 Å². The summed E-state index contributed by atoms with van der Waals surface area (Å²) in [7, 11) is 4.64. The number of nitrogens with one attached hydrogen (secondary N) is 1. The number of rotatable bonds is 6. The molecule has 1 amide bonds. The third-order valence-electron chi connectivity index (χ3n) is 1.38. The Hall–Kier alpha value is -0.650. The van der Waals surface area contributed by atoms with E-state index in [1.165, 1.54) is 12.2 Å². The van der Waals surface area contributed by atoms with Gasteiger partial charge in [-0.2, -0.15) is 0 Å². The van der Waals surface area contributed by atoms with E-state index in [0.717, 1.165) is 0 Å². The molecule has 0 heterocycles. The highest BCUT2D eigenvalue weighted by Gasteiger charge is 2.05. The van der Waals surface area contributed by atoms with E-state index in [1.807, 2.05) is 0 Å². The average Bonchev–Trinajstić information content (AvgIpc) is 2.10. The lowest BCUT2D eigenvalue weighted by molar-refractivity contribution is -0.167. The molecule has 5 nitrogen and oxygen atoms in total. The lowest BCUT2D eigenvalue weighted by atomic mass is 10.5. The summed E-state index contributed by atoms with van der Waals surface area (Å²) in [5.41, 5.74) is 0. The molecule has 0 rings (SSSR count). The summed E-state index contributed by atoms with van der Waals surface area (Å²) in [5, 5.41) is 4.09. The predicted molar refractivity (Wildman–Crippen MR) is 44.5 cm³/mol. The lowest BCUT2D eigenvalue weighted by Gasteiger charge is -2.13. The second-order valence-electron chi connectivity index (χ2n) is 2.24. The van der Waals surface area contributed by atoms with Gasteiger partial charge in [0.15, 0.2) is 0 Å². The number of carbonyl (C=O) groups excluding carboxylic acids is 1. The predicted octanol–water partition coefficient (Wildman–Crippen LogP) is -0.758. The van der Waals surface area contributed by atoms with Crippen LogP contribution in [0.5, 0.6) is 0 Å². The Morgan fingerprint density at radius 1 is 1.50 bits per heavy atom. The minimum Gasteiger partial charge on any atom is -0.383 e. The van der Waals surface area contributed by atoms with Crippen molar-refractivity contribution in [3.63, 3.8) is 0 Å². The number of hydroxylamine groups is 2. The zero-order chi connectivity index (χ0) is 9.40. The summed E-state index contributed by atoms with van der Waals surface area (Å²) in [6, 6.07) is 0. The molecule has 0 aromatic carbocycles. The average molecular weight is 176 g/mol. The van der Waals surface area contributed by atoms with E-state index in [2.05, 4.69) is 10.2 Å². The molecule has 0 saturated carbocycles. The third kappa shape index (κ3) is 5.06. The number of ether oxygens (including phenoxy) is 1. The Morgan fingerprint density at radius 2 is 2.17 bits per heavy atom. The van der Waals surface area contributed by atoms with Crippen molar-refractivity contribution in [3.05, 3.63) is 0 Å². The minimum absolute atomic E-state index is 0.103. The monoisotopic (exact) mass is 176 g/mol. The van der Waals surface area contributed by atoms with Crippen molar-refractivity contribution in [2.75, 3.05) is 41.0 Å². The highest BCUT2D eigenvalue weighted by Crippen LogP contribution is 1.81. The first-order valence-electron chi connectivity index (χ1n) is 3.72. The van der Waals surface area contributed by atoms with Crippen LogP contribution >= 0.6 is 0 Å². The molecule has 0 aromatic rings. The topological polar surface area (TPSA) is 50.8 Å². The third-order valence-corrected chi connectivity index (χ3v) is 1.38. The number of nitrogens with zero attached hydrogens (tertiary/aromatic N) is 1. The smallest absolute Gasteiger partial charge is 0.259 e. The molecule has 0 fully saturated rings. The van der Waals surface area contributed by atoms with E-state index < -0.39 is 0 Å². The number of hydrogen-bond acceptors (Lipinski definition) is 4. The quantitative estimate of drug-likeness (QED) is 0.427. The molecule has 0 aliphatic heterocycles. The van der Waals surface area contributed by atoms with Gasteiger partial charge in [-0.1, -0.05) is 0 Å². The molecule has 5 heteroatoms. The lowest BCUT2D eigenvalue weighted by Crippen LogP contribution is -2.35. The van der Waals surface area contributed by atoms with Gasteiger partial charge in [-0.3, -0.25) is 9.63 Å². The molecule has 0 radical (unpaired) electrons. The second-order valence-corrected chi connectivity index (χ2v) is 2.24. The van der Waals surface area contributed by atoms with E-state index in [0.29, 0.717) is 13.2 Å². The van der Waals surface area contributed by atoms with Crippen LogP contribution in [0, 0.1) is 0 Å². The van der Waals surface area contributed by atoms with Crippen molar-refractivity contribution in [2.45, 2.75) is 0 Å². The highest BCUT2D eigenvalue weighted by atomic mass is 16.7. The SMILES string of the molecule is COCCNCC(=O)N(C)OC. The van der Waals surface area contributed by atoms with E-state index >= 15 is 0 Å². The molecule has 0 aromatic heterocycles. The molecule has 0 atom stereocenters.